The van der Waals surface area contributed by atoms with Gasteiger partial charge in [0.25, 0.3) is 5.91 Å². The molecule has 0 saturated carbocycles. The maximum atomic E-state index is 13.0. The number of aryl methyl sites for hydroxylation is 1. The van der Waals surface area contributed by atoms with Crippen LogP contribution in [0.2, 0.25) is 0 Å². The van der Waals surface area contributed by atoms with Gasteiger partial charge in [0.15, 0.2) is 18.1 Å². The number of ether oxygens (including phenoxy) is 4. The average Bonchev–Trinajstić information content (AvgIpc) is 3.66. The predicted octanol–water partition coefficient (Wildman–Crippen LogP) is 3.87. The Bertz CT molecular complexity index is 1240. The number of nitrogens with zero attached hydrogens (tertiary/aromatic N) is 2. The number of hydrogen-bond donors (Lipinski definition) is 0. The van der Waals surface area contributed by atoms with E-state index in [0.29, 0.717) is 30.1 Å². The van der Waals surface area contributed by atoms with E-state index in [1.54, 1.807) is 25.5 Å². The van der Waals surface area contributed by atoms with Crippen LogP contribution in [-0.2, 0) is 20.7 Å². The molecule has 1 amide bonds. The second-order valence-corrected chi connectivity index (χ2v) is 8.10. The van der Waals surface area contributed by atoms with Gasteiger partial charge in [0.1, 0.15) is 17.6 Å². The molecule has 0 spiro atoms. The van der Waals surface area contributed by atoms with E-state index in [-0.39, 0.29) is 13.2 Å². The van der Waals surface area contributed by atoms with E-state index in [9.17, 15) is 9.59 Å². The van der Waals surface area contributed by atoms with Crippen molar-refractivity contribution in [3.05, 3.63) is 77.7 Å². The van der Waals surface area contributed by atoms with Crippen LogP contribution in [0, 0.1) is 0 Å². The standard InChI is InChI=1S/C26H24N2O7/c1-31-19-8-6-18(7-9-19)20-14-21(22-3-2-12-32-22)28(27-20)25(29)15-33-26(30)11-5-17-4-10-23-24(13-17)35-16-34-23/h2-4,6-10,12-13,21H,5,11,14-16H2,1H3. The van der Waals surface area contributed by atoms with Crippen molar-refractivity contribution in [3.8, 4) is 17.2 Å². The highest BCUT2D eigenvalue weighted by molar-refractivity contribution is 6.03. The Kier molecular flexibility index (Phi) is 6.38. The number of rotatable bonds is 8. The number of carbonyl (C=O) groups excluding carboxylic acids is 2. The highest BCUT2D eigenvalue weighted by Gasteiger charge is 2.35. The fourth-order valence-electron chi connectivity index (χ4n) is 4.02. The number of amides is 1. The summed E-state index contributed by atoms with van der Waals surface area (Å²) in [5, 5.41) is 5.88. The third-order valence-electron chi connectivity index (χ3n) is 5.87. The van der Waals surface area contributed by atoms with Crippen molar-refractivity contribution in [2.24, 2.45) is 5.10 Å². The number of methoxy groups -OCH3 is 1. The minimum atomic E-state index is -0.468. The van der Waals surface area contributed by atoms with Gasteiger partial charge in [-0.05, 0) is 66.1 Å². The van der Waals surface area contributed by atoms with Gasteiger partial charge in [0, 0.05) is 12.8 Å². The van der Waals surface area contributed by atoms with E-state index in [1.165, 1.54) is 5.01 Å². The van der Waals surface area contributed by atoms with Crippen LogP contribution >= 0.6 is 0 Å². The fraction of sp³-hybridized carbons (Fsp3) is 0.269. The van der Waals surface area contributed by atoms with Crippen LogP contribution in [0.4, 0.5) is 0 Å². The van der Waals surface area contributed by atoms with Gasteiger partial charge in [-0.1, -0.05) is 6.07 Å². The molecule has 9 heteroatoms. The molecule has 2 aromatic carbocycles. The minimum absolute atomic E-state index is 0.134. The van der Waals surface area contributed by atoms with Gasteiger partial charge >= 0.3 is 5.97 Å². The van der Waals surface area contributed by atoms with Crippen molar-refractivity contribution in [2.75, 3.05) is 20.5 Å². The van der Waals surface area contributed by atoms with E-state index in [1.807, 2.05) is 42.5 Å². The molecule has 3 aromatic rings. The SMILES string of the molecule is COc1ccc(C2=NN(C(=O)COC(=O)CCc3ccc4c(c3)OCO4)C(c3ccco3)C2)cc1. The molecule has 1 atom stereocenters. The van der Waals surface area contributed by atoms with Crippen molar-refractivity contribution in [1.82, 2.24) is 5.01 Å². The van der Waals surface area contributed by atoms with Crippen molar-refractivity contribution in [2.45, 2.75) is 25.3 Å². The smallest absolute Gasteiger partial charge is 0.306 e. The first-order chi connectivity index (χ1) is 17.1. The number of hydrazone groups is 1. The Balaban J connectivity index is 1.21. The molecule has 35 heavy (non-hydrogen) atoms. The second-order valence-electron chi connectivity index (χ2n) is 8.10. The molecular formula is C26H24N2O7. The van der Waals surface area contributed by atoms with Gasteiger partial charge in [-0.15, -0.1) is 0 Å². The lowest BCUT2D eigenvalue weighted by Gasteiger charge is -2.19. The zero-order chi connectivity index (χ0) is 24.2. The maximum absolute atomic E-state index is 13.0. The third kappa shape index (κ3) is 4.98. The molecule has 0 aliphatic carbocycles. The molecule has 0 saturated heterocycles. The highest BCUT2D eigenvalue weighted by Crippen LogP contribution is 2.34. The molecule has 0 N–H and O–H groups in total. The Morgan fingerprint density at radius 1 is 1.09 bits per heavy atom. The normalized spacial score (nSPS) is 16.2. The van der Waals surface area contributed by atoms with E-state index < -0.39 is 24.5 Å². The van der Waals surface area contributed by atoms with Crippen molar-refractivity contribution < 1.29 is 33.0 Å². The summed E-state index contributed by atoms with van der Waals surface area (Å²) >= 11 is 0. The van der Waals surface area contributed by atoms with Crippen LogP contribution < -0.4 is 14.2 Å². The van der Waals surface area contributed by atoms with Gasteiger partial charge in [-0.3, -0.25) is 9.59 Å². The van der Waals surface area contributed by atoms with Crippen LogP contribution in [0.15, 0.2) is 70.4 Å². The van der Waals surface area contributed by atoms with Crippen LogP contribution in [0.25, 0.3) is 0 Å². The largest absolute Gasteiger partial charge is 0.497 e. The van der Waals surface area contributed by atoms with Crippen LogP contribution in [-0.4, -0.2) is 43.1 Å². The molecule has 1 unspecified atom stereocenters. The number of esters is 1. The molecule has 0 bridgehead atoms. The zero-order valence-electron chi connectivity index (χ0n) is 19.1. The molecule has 9 nitrogen and oxygen atoms in total. The Labute approximate surface area is 201 Å². The number of fused-ring (bicyclic) bond motifs is 1. The summed E-state index contributed by atoms with van der Waals surface area (Å²) in [7, 11) is 1.60. The molecule has 180 valence electrons. The summed E-state index contributed by atoms with van der Waals surface area (Å²) in [4.78, 5) is 25.3. The fourth-order valence-corrected chi connectivity index (χ4v) is 4.02. The van der Waals surface area contributed by atoms with E-state index in [2.05, 4.69) is 5.10 Å². The first-order valence-electron chi connectivity index (χ1n) is 11.2. The van der Waals surface area contributed by atoms with Gasteiger partial charge < -0.3 is 23.4 Å². The summed E-state index contributed by atoms with van der Waals surface area (Å²) in [6, 6.07) is 16.1. The number of carbonyl (C=O) groups is 2. The predicted molar refractivity (Wildman–Crippen MR) is 124 cm³/mol. The lowest BCUT2D eigenvalue weighted by molar-refractivity contribution is -0.152. The Morgan fingerprint density at radius 3 is 2.69 bits per heavy atom. The molecule has 3 heterocycles. The Hall–Kier alpha value is -4.27. The minimum Gasteiger partial charge on any atom is -0.497 e. The van der Waals surface area contributed by atoms with Gasteiger partial charge in [-0.25, -0.2) is 5.01 Å². The topological polar surface area (TPSA) is 99.8 Å². The van der Waals surface area contributed by atoms with Crippen molar-refractivity contribution >= 4 is 17.6 Å². The third-order valence-corrected chi connectivity index (χ3v) is 5.87. The van der Waals surface area contributed by atoms with E-state index in [0.717, 1.165) is 22.6 Å². The molecule has 5 rings (SSSR count). The molecular weight excluding hydrogens is 452 g/mol. The monoisotopic (exact) mass is 476 g/mol. The van der Waals surface area contributed by atoms with E-state index in [4.69, 9.17) is 23.4 Å². The molecule has 2 aliphatic heterocycles. The zero-order valence-corrected chi connectivity index (χ0v) is 19.1. The number of hydrogen-bond acceptors (Lipinski definition) is 8. The lowest BCUT2D eigenvalue weighted by atomic mass is 10.0. The average molecular weight is 476 g/mol. The molecule has 1 aromatic heterocycles. The Morgan fingerprint density at radius 2 is 1.91 bits per heavy atom. The summed E-state index contributed by atoms with van der Waals surface area (Å²) in [6.45, 7) is -0.211. The number of furan rings is 1. The number of benzene rings is 2. The van der Waals surface area contributed by atoms with Gasteiger partial charge in [0.05, 0.1) is 19.1 Å². The summed E-state index contributed by atoms with van der Waals surface area (Å²) in [6.07, 6.45) is 2.63. The van der Waals surface area contributed by atoms with Crippen LogP contribution in [0.3, 0.4) is 0 Å². The van der Waals surface area contributed by atoms with E-state index >= 15 is 0 Å². The lowest BCUT2D eigenvalue weighted by Crippen LogP contribution is -2.31. The van der Waals surface area contributed by atoms with Gasteiger partial charge in [0.2, 0.25) is 6.79 Å². The quantitative estimate of drug-likeness (QED) is 0.455. The summed E-state index contributed by atoms with van der Waals surface area (Å²) in [5.41, 5.74) is 2.53. The summed E-state index contributed by atoms with van der Waals surface area (Å²) in [5.74, 6) is 1.80. The van der Waals surface area contributed by atoms with Crippen molar-refractivity contribution in [3.63, 3.8) is 0 Å². The highest BCUT2D eigenvalue weighted by atomic mass is 16.7. The van der Waals surface area contributed by atoms with Gasteiger partial charge in [-0.2, -0.15) is 5.10 Å². The van der Waals surface area contributed by atoms with Crippen molar-refractivity contribution in [1.29, 1.82) is 0 Å². The molecule has 0 fully saturated rings. The molecule has 2 aliphatic rings. The van der Waals surface area contributed by atoms with Crippen LogP contribution in [0.5, 0.6) is 17.2 Å². The maximum Gasteiger partial charge on any atom is 0.306 e. The van der Waals surface area contributed by atoms with Crippen LogP contribution in [0.1, 0.15) is 35.8 Å². The first kappa shape index (κ1) is 22.5. The summed E-state index contributed by atoms with van der Waals surface area (Å²) < 4.78 is 26.7. The molecule has 0 radical (unpaired) electrons. The first-order valence-corrected chi connectivity index (χ1v) is 11.2. The second kappa shape index (κ2) is 9.92.